The monoisotopic (exact) mass is 185 g/mol. The molecule has 2 aliphatic heterocycles. The van der Waals surface area contributed by atoms with Gasteiger partial charge in [-0.2, -0.15) is 0 Å². The second kappa shape index (κ2) is 4.40. The molecule has 0 saturated carbocycles. The van der Waals surface area contributed by atoms with Crippen LogP contribution in [-0.4, -0.2) is 37.0 Å². The first-order chi connectivity index (χ1) is 6.38. The first-order valence-corrected chi connectivity index (χ1v) is 5.37. The number of ether oxygens (including phenoxy) is 1. The standard InChI is InChI=1S/C10H19NO2/c12-10(9-2-1-5-11-9)8-3-6-13-7-4-8/h8-12H,1-7H2/t9-,10?/m1/s1. The van der Waals surface area contributed by atoms with E-state index in [1.165, 1.54) is 6.42 Å². The third-order valence-corrected chi connectivity index (χ3v) is 3.26. The molecule has 0 spiro atoms. The molecule has 3 nitrogen and oxygen atoms in total. The quantitative estimate of drug-likeness (QED) is 0.659. The van der Waals surface area contributed by atoms with Gasteiger partial charge >= 0.3 is 0 Å². The Morgan fingerprint density at radius 3 is 2.62 bits per heavy atom. The molecule has 1 unspecified atom stereocenters. The van der Waals surface area contributed by atoms with E-state index in [0.717, 1.165) is 39.0 Å². The average molecular weight is 185 g/mol. The zero-order chi connectivity index (χ0) is 9.10. The van der Waals surface area contributed by atoms with Crippen LogP contribution in [0, 0.1) is 5.92 Å². The smallest absolute Gasteiger partial charge is 0.0722 e. The van der Waals surface area contributed by atoms with Crippen LogP contribution < -0.4 is 5.32 Å². The molecule has 2 fully saturated rings. The van der Waals surface area contributed by atoms with Gasteiger partial charge in [0.1, 0.15) is 0 Å². The first kappa shape index (κ1) is 9.44. The van der Waals surface area contributed by atoms with E-state index in [1.54, 1.807) is 0 Å². The predicted octanol–water partition coefficient (Wildman–Crippen LogP) is 0.526. The second-order valence-electron chi connectivity index (χ2n) is 4.14. The molecular formula is C10H19NO2. The number of aliphatic hydroxyl groups excluding tert-OH is 1. The van der Waals surface area contributed by atoms with Crippen LogP contribution in [0.4, 0.5) is 0 Å². The number of rotatable bonds is 2. The highest BCUT2D eigenvalue weighted by Crippen LogP contribution is 2.23. The summed E-state index contributed by atoms with van der Waals surface area (Å²) in [5.74, 6) is 0.462. The number of hydrogen-bond acceptors (Lipinski definition) is 3. The molecule has 0 radical (unpaired) electrons. The SMILES string of the molecule is OC(C1CCOCC1)[C@H]1CCCN1. The number of aliphatic hydroxyl groups is 1. The Balaban J connectivity index is 1.83. The van der Waals surface area contributed by atoms with Gasteiger partial charge in [0.25, 0.3) is 0 Å². The van der Waals surface area contributed by atoms with Crippen LogP contribution in [0.1, 0.15) is 25.7 Å². The van der Waals surface area contributed by atoms with Crippen LogP contribution in [0.15, 0.2) is 0 Å². The Labute approximate surface area is 79.5 Å². The fourth-order valence-electron chi connectivity index (χ4n) is 2.39. The largest absolute Gasteiger partial charge is 0.391 e. The highest BCUT2D eigenvalue weighted by atomic mass is 16.5. The van der Waals surface area contributed by atoms with Crippen molar-refractivity contribution in [1.82, 2.24) is 5.32 Å². The van der Waals surface area contributed by atoms with Crippen molar-refractivity contribution in [1.29, 1.82) is 0 Å². The third-order valence-electron chi connectivity index (χ3n) is 3.26. The normalized spacial score (nSPS) is 33.5. The van der Waals surface area contributed by atoms with Gasteiger partial charge in [-0.25, -0.2) is 0 Å². The van der Waals surface area contributed by atoms with E-state index in [9.17, 15) is 5.11 Å². The molecule has 2 N–H and O–H groups in total. The maximum Gasteiger partial charge on any atom is 0.0722 e. The lowest BCUT2D eigenvalue weighted by Crippen LogP contribution is -2.41. The summed E-state index contributed by atoms with van der Waals surface area (Å²) in [6.45, 7) is 2.73. The van der Waals surface area contributed by atoms with Gasteiger partial charge in [0.05, 0.1) is 6.10 Å². The van der Waals surface area contributed by atoms with E-state index >= 15 is 0 Å². The molecule has 2 rings (SSSR count). The summed E-state index contributed by atoms with van der Waals surface area (Å²) in [5.41, 5.74) is 0. The molecule has 76 valence electrons. The fourth-order valence-corrected chi connectivity index (χ4v) is 2.39. The van der Waals surface area contributed by atoms with Crippen molar-refractivity contribution in [2.45, 2.75) is 37.8 Å². The molecule has 2 saturated heterocycles. The van der Waals surface area contributed by atoms with Gasteiger partial charge in [-0.1, -0.05) is 0 Å². The molecule has 2 heterocycles. The molecule has 0 aromatic carbocycles. The molecule has 0 aromatic rings. The van der Waals surface area contributed by atoms with Gasteiger partial charge in [0.15, 0.2) is 0 Å². The van der Waals surface area contributed by atoms with Crippen LogP contribution in [0.5, 0.6) is 0 Å². The molecule has 2 aliphatic rings. The summed E-state index contributed by atoms with van der Waals surface area (Å²) >= 11 is 0. The van der Waals surface area contributed by atoms with Crippen molar-refractivity contribution >= 4 is 0 Å². The lowest BCUT2D eigenvalue weighted by Gasteiger charge is -2.30. The van der Waals surface area contributed by atoms with E-state index in [4.69, 9.17) is 4.74 Å². The zero-order valence-electron chi connectivity index (χ0n) is 8.04. The van der Waals surface area contributed by atoms with E-state index in [1.807, 2.05) is 0 Å². The number of nitrogens with one attached hydrogen (secondary N) is 1. The van der Waals surface area contributed by atoms with Gasteiger partial charge in [-0.3, -0.25) is 0 Å². The Morgan fingerprint density at radius 1 is 1.23 bits per heavy atom. The Morgan fingerprint density at radius 2 is 2.00 bits per heavy atom. The minimum atomic E-state index is -0.147. The average Bonchev–Trinajstić information content (AvgIpc) is 2.71. The minimum Gasteiger partial charge on any atom is -0.391 e. The second-order valence-corrected chi connectivity index (χ2v) is 4.14. The van der Waals surface area contributed by atoms with Gasteiger partial charge in [-0.15, -0.1) is 0 Å². The van der Waals surface area contributed by atoms with Crippen molar-refractivity contribution in [2.75, 3.05) is 19.8 Å². The van der Waals surface area contributed by atoms with E-state index in [2.05, 4.69) is 5.32 Å². The molecule has 0 amide bonds. The van der Waals surface area contributed by atoms with Crippen molar-refractivity contribution in [3.63, 3.8) is 0 Å². The van der Waals surface area contributed by atoms with Crippen molar-refractivity contribution in [2.24, 2.45) is 5.92 Å². The maximum atomic E-state index is 10.1. The molecule has 0 aromatic heterocycles. The summed E-state index contributed by atoms with van der Waals surface area (Å²) in [7, 11) is 0. The summed E-state index contributed by atoms with van der Waals surface area (Å²) in [6, 6.07) is 0.350. The van der Waals surface area contributed by atoms with Crippen LogP contribution >= 0.6 is 0 Å². The molecule has 3 heteroatoms. The van der Waals surface area contributed by atoms with Crippen molar-refractivity contribution in [3.8, 4) is 0 Å². The maximum absolute atomic E-state index is 10.1. The lowest BCUT2D eigenvalue weighted by atomic mass is 9.89. The predicted molar refractivity (Wildman–Crippen MR) is 50.6 cm³/mol. The fraction of sp³-hybridized carbons (Fsp3) is 1.00. The molecule has 0 bridgehead atoms. The van der Waals surface area contributed by atoms with E-state index in [-0.39, 0.29) is 6.10 Å². The topological polar surface area (TPSA) is 41.5 Å². The Kier molecular flexibility index (Phi) is 3.19. The molecular weight excluding hydrogens is 166 g/mol. The van der Waals surface area contributed by atoms with Gasteiger partial charge in [0, 0.05) is 19.3 Å². The third kappa shape index (κ3) is 2.22. The summed E-state index contributed by atoms with van der Waals surface area (Å²) in [5, 5.41) is 13.4. The number of hydrogen-bond donors (Lipinski definition) is 2. The molecule has 13 heavy (non-hydrogen) atoms. The van der Waals surface area contributed by atoms with Crippen molar-refractivity contribution < 1.29 is 9.84 Å². The van der Waals surface area contributed by atoms with Crippen LogP contribution in [-0.2, 0) is 4.74 Å². The van der Waals surface area contributed by atoms with Gasteiger partial charge in [-0.05, 0) is 38.1 Å². The zero-order valence-corrected chi connectivity index (χ0v) is 8.04. The van der Waals surface area contributed by atoms with Gasteiger partial charge in [0.2, 0.25) is 0 Å². The van der Waals surface area contributed by atoms with E-state index in [0.29, 0.717) is 12.0 Å². The minimum absolute atomic E-state index is 0.147. The van der Waals surface area contributed by atoms with E-state index < -0.39 is 0 Å². The highest BCUT2D eigenvalue weighted by Gasteiger charge is 2.30. The lowest BCUT2D eigenvalue weighted by molar-refractivity contribution is -0.00470. The summed E-state index contributed by atoms with van der Waals surface area (Å²) in [4.78, 5) is 0. The van der Waals surface area contributed by atoms with Crippen molar-refractivity contribution in [3.05, 3.63) is 0 Å². The van der Waals surface area contributed by atoms with Crippen LogP contribution in [0.3, 0.4) is 0 Å². The van der Waals surface area contributed by atoms with Crippen LogP contribution in [0.25, 0.3) is 0 Å². The Bertz CT molecular complexity index is 151. The Hall–Kier alpha value is -0.120. The first-order valence-electron chi connectivity index (χ1n) is 5.37. The summed E-state index contributed by atoms with van der Waals surface area (Å²) < 4.78 is 5.28. The highest BCUT2D eigenvalue weighted by molar-refractivity contribution is 4.86. The van der Waals surface area contributed by atoms with Crippen LogP contribution in [0.2, 0.25) is 0 Å². The van der Waals surface area contributed by atoms with Gasteiger partial charge < -0.3 is 15.2 Å². The molecule has 0 aliphatic carbocycles. The molecule has 2 atom stereocenters. The summed E-state index contributed by atoms with van der Waals surface area (Å²) in [6.07, 6.45) is 4.26.